The van der Waals surface area contributed by atoms with Crippen molar-refractivity contribution >= 4 is 5.91 Å². The third-order valence-electron chi connectivity index (χ3n) is 3.60. The summed E-state index contributed by atoms with van der Waals surface area (Å²) in [4.78, 5) is 14.4. The number of carbonyl (C=O) groups excluding carboxylic acids is 1. The Morgan fingerprint density at radius 1 is 1.33 bits per heavy atom. The zero-order chi connectivity index (χ0) is 18.7. The van der Waals surface area contributed by atoms with Gasteiger partial charge in [-0.25, -0.2) is 0 Å². The van der Waals surface area contributed by atoms with Gasteiger partial charge in [0, 0.05) is 25.8 Å². The fourth-order valence-corrected chi connectivity index (χ4v) is 2.41. The molecule has 0 aromatic rings. The van der Waals surface area contributed by atoms with Gasteiger partial charge in [0.05, 0.1) is 18.8 Å². The van der Waals surface area contributed by atoms with Gasteiger partial charge in [-0.15, -0.1) is 0 Å². The van der Waals surface area contributed by atoms with Gasteiger partial charge in [-0.3, -0.25) is 4.79 Å². The predicted octanol–water partition coefficient (Wildman–Crippen LogP) is 2.31. The van der Waals surface area contributed by atoms with Crippen molar-refractivity contribution in [2.24, 2.45) is 5.92 Å². The molecule has 0 aromatic carbocycles. The Labute approximate surface area is 146 Å². The number of amides is 1. The number of allylic oxidation sites excluding steroid dienone is 2. The highest BCUT2D eigenvalue weighted by Crippen LogP contribution is 2.20. The summed E-state index contributed by atoms with van der Waals surface area (Å²) >= 11 is 0. The Morgan fingerprint density at radius 2 is 1.96 bits per heavy atom. The van der Waals surface area contributed by atoms with Crippen molar-refractivity contribution in [2.45, 2.75) is 46.8 Å². The van der Waals surface area contributed by atoms with Gasteiger partial charge in [-0.1, -0.05) is 39.8 Å². The normalized spacial score (nSPS) is 23.1. The SMILES string of the molecule is CC.CC1CN(C(=O)C2=CC(C(C)C)=CC(O)C=C2)CCO1.CO. The number of nitrogens with zero attached hydrogens (tertiary/aromatic N) is 1. The molecule has 0 saturated carbocycles. The molecule has 1 amide bonds. The average Bonchev–Trinajstić information content (AvgIpc) is 2.80. The molecule has 1 aliphatic carbocycles. The highest BCUT2D eigenvalue weighted by molar-refractivity contribution is 5.97. The smallest absolute Gasteiger partial charge is 0.254 e. The molecule has 2 N–H and O–H groups in total. The van der Waals surface area contributed by atoms with E-state index in [4.69, 9.17) is 9.84 Å². The number of hydrogen-bond acceptors (Lipinski definition) is 4. The third kappa shape index (κ3) is 6.99. The minimum absolute atomic E-state index is 0.0112. The molecule has 24 heavy (non-hydrogen) atoms. The summed E-state index contributed by atoms with van der Waals surface area (Å²) in [5.41, 5.74) is 1.63. The Hall–Kier alpha value is -1.43. The van der Waals surface area contributed by atoms with E-state index in [1.54, 1.807) is 18.2 Å². The fraction of sp³-hybridized carbons (Fsp3) is 0.632. The first-order valence-corrected chi connectivity index (χ1v) is 8.62. The molecule has 2 aliphatic rings. The minimum atomic E-state index is -0.627. The molecule has 2 unspecified atom stereocenters. The van der Waals surface area contributed by atoms with Crippen LogP contribution in [0.4, 0.5) is 0 Å². The maximum atomic E-state index is 12.6. The highest BCUT2D eigenvalue weighted by atomic mass is 16.5. The van der Waals surface area contributed by atoms with E-state index in [1.807, 2.05) is 31.7 Å². The number of ether oxygens (including phenoxy) is 1. The van der Waals surface area contributed by atoms with Crippen LogP contribution >= 0.6 is 0 Å². The number of hydrogen-bond donors (Lipinski definition) is 2. The maximum absolute atomic E-state index is 12.6. The predicted molar refractivity (Wildman–Crippen MR) is 97.6 cm³/mol. The van der Waals surface area contributed by atoms with Crippen LogP contribution in [-0.4, -0.2) is 60.0 Å². The average molecular weight is 339 g/mol. The molecule has 5 heteroatoms. The Bertz CT molecular complexity index is 466. The van der Waals surface area contributed by atoms with E-state index >= 15 is 0 Å². The lowest BCUT2D eigenvalue weighted by Crippen LogP contribution is -2.44. The van der Waals surface area contributed by atoms with Crippen LogP contribution in [0.2, 0.25) is 0 Å². The molecular weight excluding hydrogens is 306 g/mol. The van der Waals surface area contributed by atoms with Crippen LogP contribution in [-0.2, 0) is 9.53 Å². The minimum Gasteiger partial charge on any atom is -0.400 e. The van der Waals surface area contributed by atoms with E-state index in [1.165, 1.54) is 0 Å². The zero-order valence-electron chi connectivity index (χ0n) is 15.8. The highest BCUT2D eigenvalue weighted by Gasteiger charge is 2.24. The Kier molecular flexibility index (Phi) is 11.3. The lowest BCUT2D eigenvalue weighted by molar-refractivity contribution is -0.133. The number of rotatable bonds is 2. The lowest BCUT2D eigenvalue weighted by Gasteiger charge is -2.31. The van der Waals surface area contributed by atoms with Crippen LogP contribution in [0, 0.1) is 5.92 Å². The fourth-order valence-electron chi connectivity index (χ4n) is 2.41. The first-order valence-electron chi connectivity index (χ1n) is 8.62. The van der Waals surface area contributed by atoms with E-state index in [9.17, 15) is 9.90 Å². The number of aliphatic hydroxyl groups is 2. The van der Waals surface area contributed by atoms with Gasteiger partial charge in [-0.2, -0.15) is 0 Å². The van der Waals surface area contributed by atoms with Crippen molar-refractivity contribution in [3.8, 4) is 0 Å². The van der Waals surface area contributed by atoms with Crippen molar-refractivity contribution < 1.29 is 19.7 Å². The molecule has 0 aromatic heterocycles. The van der Waals surface area contributed by atoms with Crippen molar-refractivity contribution in [1.29, 1.82) is 0 Å². The summed E-state index contributed by atoms with van der Waals surface area (Å²) in [6.07, 6.45) is 6.51. The second-order valence-electron chi connectivity index (χ2n) is 5.70. The first-order chi connectivity index (χ1) is 11.5. The third-order valence-corrected chi connectivity index (χ3v) is 3.60. The molecule has 138 valence electrons. The molecule has 1 aliphatic heterocycles. The summed E-state index contributed by atoms with van der Waals surface area (Å²) in [7, 11) is 1.00. The number of carbonyl (C=O) groups is 1. The maximum Gasteiger partial charge on any atom is 0.254 e. The quantitative estimate of drug-likeness (QED) is 0.810. The lowest BCUT2D eigenvalue weighted by atomic mass is 10.00. The van der Waals surface area contributed by atoms with Crippen molar-refractivity contribution in [3.63, 3.8) is 0 Å². The summed E-state index contributed by atoms with van der Waals surface area (Å²) in [5, 5.41) is 16.8. The van der Waals surface area contributed by atoms with Crippen molar-refractivity contribution in [1.82, 2.24) is 4.90 Å². The summed E-state index contributed by atoms with van der Waals surface area (Å²) < 4.78 is 5.46. The van der Waals surface area contributed by atoms with Crippen LogP contribution in [0.5, 0.6) is 0 Å². The summed E-state index contributed by atoms with van der Waals surface area (Å²) in [6, 6.07) is 0. The number of morpholine rings is 1. The molecule has 0 bridgehead atoms. The molecule has 0 spiro atoms. The van der Waals surface area contributed by atoms with Crippen LogP contribution < -0.4 is 0 Å². The standard InChI is InChI=1S/C16H23NO3.C2H6.CH4O/c1-11(2)14-8-13(4-5-15(18)9-14)16(19)17-6-7-20-12(3)10-17;2*1-2/h4-5,8-9,11-12,15,18H,6-7,10H2,1-3H3;1-2H3;2H,1H3. The molecular formula is C19H33NO4. The van der Waals surface area contributed by atoms with Crippen molar-refractivity contribution in [3.05, 3.63) is 35.5 Å². The van der Waals surface area contributed by atoms with E-state index in [0.29, 0.717) is 25.3 Å². The zero-order valence-corrected chi connectivity index (χ0v) is 15.8. The molecule has 1 fully saturated rings. The van der Waals surface area contributed by atoms with Crippen LogP contribution in [0.25, 0.3) is 0 Å². The van der Waals surface area contributed by atoms with Crippen LogP contribution in [0.3, 0.4) is 0 Å². The Morgan fingerprint density at radius 3 is 2.50 bits per heavy atom. The van der Waals surface area contributed by atoms with Gasteiger partial charge in [-0.05, 0) is 30.6 Å². The molecule has 1 heterocycles. The molecule has 0 radical (unpaired) electrons. The second-order valence-corrected chi connectivity index (χ2v) is 5.70. The molecule has 2 rings (SSSR count). The summed E-state index contributed by atoms with van der Waals surface area (Å²) in [6.45, 7) is 11.9. The van der Waals surface area contributed by atoms with Gasteiger partial charge in [0.15, 0.2) is 0 Å². The molecule has 5 nitrogen and oxygen atoms in total. The Balaban J connectivity index is 0.00000123. The summed E-state index contributed by atoms with van der Waals surface area (Å²) in [5.74, 6) is 0.285. The molecule has 1 saturated heterocycles. The second kappa shape index (κ2) is 12.0. The van der Waals surface area contributed by atoms with Gasteiger partial charge < -0.3 is 19.8 Å². The largest absolute Gasteiger partial charge is 0.400 e. The van der Waals surface area contributed by atoms with Gasteiger partial charge in [0.25, 0.3) is 5.91 Å². The first kappa shape index (κ1) is 22.6. The monoisotopic (exact) mass is 339 g/mol. The van der Waals surface area contributed by atoms with E-state index in [0.717, 1.165) is 12.7 Å². The number of aliphatic hydroxyl groups excluding tert-OH is 2. The van der Waals surface area contributed by atoms with E-state index in [-0.39, 0.29) is 17.9 Å². The van der Waals surface area contributed by atoms with Gasteiger partial charge >= 0.3 is 0 Å². The van der Waals surface area contributed by atoms with Gasteiger partial charge in [0.1, 0.15) is 0 Å². The topological polar surface area (TPSA) is 70.0 Å². The van der Waals surface area contributed by atoms with Crippen molar-refractivity contribution in [2.75, 3.05) is 26.8 Å². The van der Waals surface area contributed by atoms with E-state index in [2.05, 4.69) is 13.8 Å². The molecule has 2 atom stereocenters. The van der Waals surface area contributed by atoms with Crippen LogP contribution in [0.15, 0.2) is 35.5 Å². The van der Waals surface area contributed by atoms with Gasteiger partial charge in [0.2, 0.25) is 0 Å². The van der Waals surface area contributed by atoms with Crippen LogP contribution in [0.1, 0.15) is 34.6 Å². The van der Waals surface area contributed by atoms with E-state index < -0.39 is 6.10 Å².